The van der Waals surface area contributed by atoms with Gasteiger partial charge in [-0.25, -0.2) is 9.67 Å². The van der Waals surface area contributed by atoms with E-state index in [1.54, 1.807) is 18.6 Å². The van der Waals surface area contributed by atoms with Crippen LogP contribution in [-0.4, -0.2) is 26.3 Å². The molecule has 2 aromatic heterocycles. The van der Waals surface area contributed by atoms with Crippen molar-refractivity contribution in [2.75, 3.05) is 6.54 Å². The third-order valence-electron chi connectivity index (χ3n) is 3.59. The Hall–Kier alpha value is -1.75. The van der Waals surface area contributed by atoms with Gasteiger partial charge in [0.15, 0.2) is 5.82 Å². The van der Waals surface area contributed by atoms with Crippen LogP contribution in [0.3, 0.4) is 0 Å². The molecule has 1 unspecified atom stereocenters. The normalized spacial score (nSPS) is 18.3. The van der Waals surface area contributed by atoms with Crippen LogP contribution in [0, 0.1) is 0 Å². The fourth-order valence-corrected chi connectivity index (χ4v) is 2.69. The summed E-state index contributed by atoms with van der Waals surface area (Å²) >= 11 is 0. The highest BCUT2D eigenvalue weighted by atomic mass is 15.3. The van der Waals surface area contributed by atoms with Crippen LogP contribution >= 0.6 is 0 Å². The van der Waals surface area contributed by atoms with Gasteiger partial charge in [0.2, 0.25) is 0 Å². The van der Waals surface area contributed by atoms with Crippen molar-refractivity contribution in [3.8, 4) is 5.82 Å². The van der Waals surface area contributed by atoms with Crippen molar-refractivity contribution < 1.29 is 0 Å². The second kappa shape index (κ2) is 5.48. The summed E-state index contributed by atoms with van der Waals surface area (Å²) in [5, 5.41) is 8.10. The number of rotatable bonds is 4. The molecule has 1 aliphatic rings. The van der Waals surface area contributed by atoms with E-state index >= 15 is 0 Å². The van der Waals surface area contributed by atoms with Crippen LogP contribution in [0.4, 0.5) is 0 Å². The number of hydrogen-bond donors (Lipinski definition) is 1. The second-order valence-electron chi connectivity index (χ2n) is 4.92. The molecule has 2 heterocycles. The molecule has 19 heavy (non-hydrogen) atoms. The number of nitrogens with zero attached hydrogens (tertiary/aromatic N) is 4. The topological polar surface area (TPSA) is 55.6 Å². The lowest BCUT2D eigenvalue weighted by Gasteiger charge is -2.23. The zero-order valence-corrected chi connectivity index (χ0v) is 11.2. The summed E-state index contributed by atoms with van der Waals surface area (Å²) in [5.41, 5.74) is 2.60. The lowest BCUT2D eigenvalue weighted by Crippen LogP contribution is -2.26. The molecule has 5 nitrogen and oxygen atoms in total. The summed E-state index contributed by atoms with van der Waals surface area (Å²) in [7, 11) is 0. The Morgan fingerprint density at radius 2 is 2.32 bits per heavy atom. The molecule has 0 spiro atoms. The molecular formula is C14H19N5. The Bertz CT molecular complexity index is 534. The first-order valence-corrected chi connectivity index (χ1v) is 6.96. The van der Waals surface area contributed by atoms with Crippen molar-refractivity contribution in [3.05, 3.63) is 36.0 Å². The van der Waals surface area contributed by atoms with Gasteiger partial charge in [-0.1, -0.05) is 6.92 Å². The molecule has 0 amide bonds. The highest BCUT2D eigenvalue weighted by Gasteiger charge is 2.24. The van der Waals surface area contributed by atoms with E-state index in [2.05, 4.69) is 27.3 Å². The van der Waals surface area contributed by atoms with Gasteiger partial charge in [-0.05, 0) is 32.2 Å². The number of fused-ring (bicyclic) bond motifs is 1. The van der Waals surface area contributed by atoms with E-state index in [9.17, 15) is 0 Å². The van der Waals surface area contributed by atoms with E-state index in [0.29, 0.717) is 6.04 Å². The number of aromatic nitrogens is 4. The zero-order valence-electron chi connectivity index (χ0n) is 11.2. The maximum atomic E-state index is 4.50. The van der Waals surface area contributed by atoms with Gasteiger partial charge in [0, 0.05) is 24.0 Å². The average Bonchev–Trinajstić information content (AvgIpc) is 2.90. The van der Waals surface area contributed by atoms with Crippen LogP contribution in [0.25, 0.3) is 5.82 Å². The maximum Gasteiger partial charge on any atom is 0.172 e. The van der Waals surface area contributed by atoms with Crippen molar-refractivity contribution in [2.45, 2.75) is 38.6 Å². The van der Waals surface area contributed by atoms with Gasteiger partial charge >= 0.3 is 0 Å². The minimum Gasteiger partial charge on any atom is -0.310 e. The number of nitrogens with one attached hydrogen (secondary N) is 1. The van der Waals surface area contributed by atoms with E-state index in [0.717, 1.165) is 25.2 Å². The second-order valence-corrected chi connectivity index (χ2v) is 4.92. The Kier molecular flexibility index (Phi) is 3.55. The maximum absolute atomic E-state index is 4.50. The van der Waals surface area contributed by atoms with E-state index in [1.807, 2.05) is 10.9 Å². The first-order valence-electron chi connectivity index (χ1n) is 6.96. The van der Waals surface area contributed by atoms with E-state index < -0.39 is 0 Å². The molecule has 1 N–H and O–H groups in total. The lowest BCUT2D eigenvalue weighted by atomic mass is 9.93. The van der Waals surface area contributed by atoms with Gasteiger partial charge in [-0.15, -0.1) is 0 Å². The van der Waals surface area contributed by atoms with Crippen molar-refractivity contribution in [1.29, 1.82) is 0 Å². The standard InChI is InChI=1S/C14H19N5/c1-2-6-16-12-4-3-5-13-11(12)9-18-19(13)14-10-15-7-8-17-14/h7-10,12,16H,2-6H2,1H3. The molecule has 0 radical (unpaired) electrons. The van der Waals surface area contributed by atoms with E-state index in [1.165, 1.54) is 24.1 Å². The average molecular weight is 257 g/mol. The summed E-state index contributed by atoms with van der Waals surface area (Å²) < 4.78 is 1.93. The molecule has 3 rings (SSSR count). The Morgan fingerprint density at radius 3 is 3.11 bits per heavy atom. The summed E-state index contributed by atoms with van der Waals surface area (Å²) in [6, 6.07) is 0.439. The Balaban J connectivity index is 1.92. The highest BCUT2D eigenvalue weighted by Crippen LogP contribution is 2.30. The quantitative estimate of drug-likeness (QED) is 0.910. The van der Waals surface area contributed by atoms with Crippen LogP contribution in [0.1, 0.15) is 43.5 Å². The summed E-state index contributed by atoms with van der Waals surface area (Å²) in [5.74, 6) is 0.805. The van der Waals surface area contributed by atoms with Crippen LogP contribution < -0.4 is 5.32 Å². The van der Waals surface area contributed by atoms with Crippen LogP contribution in [0.15, 0.2) is 24.8 Å². The van der Waals surface area contributed by atoms with Gasteiger partial charge in [0.25, 0.3) is 0 Å². The van der Waals surface area contributed by atoms with Gasteiger partial charge in [0.05, 0.1) is 18.1 Å². The van der Waals surface area contributed by atoms with Crippen LogP contribution in [-0.2, 0) is 6.42 Å². The fraction of sp³-hybridized carbons (Fsp3) is 0.500. The van der Waals surface area contributed by atoms with Gasteiger partial charge < -0.3 is 5.32 Å². The van der Waals surface area contributed by atoms with Crippen LogP contribution in [0.5, 0.6) is 0 Å². The molecule has 0 saturated heterocycles. The molecule has 1 atom stereocenters. The van der Waals surface area contributed by atoms with Gasteiger partial charge in [0.1, 0.15) is 0 Å². The predicted octanol–water partition coefficient (Wildman–Crippen LogP) is 2.04. The monoisotopic (exact) mass is 257 g/mol. The highest BCUT2D eigenvalue weighted by molar-refractivity contribution is 5.31. The molecule has 1 aliphatic carbocycles. The van der Waals surface area contributed by atoms with Crippen molar-refractivity contribution in [1.82, 2.24) is 25.1 Å². The van der Waals surface area contributed by atoms with E-state index in [-0.39, 0.29) is 0 Å². The molecule has 0 fully saturated rings. The van der Waals surface area contributed by atoms with Crippen molar-refractivity contribution in [3.63, 3.8) is 0 Å². The summed E-state index contributed by atoms with van der Waals surface area (Å²) in [6.45, 7) is 3.25. The van der Waals surface area contributed by atoms with E-state index in [4.69, 9.17) is 0 Å². The molecule has 100 valence electrons. The molecule has 0 saturated carbocycles. The molecule has 0 aliphatic heterocycles. The third-order valence-corrected chi connectivity index (χ3v) is 3.59. The first-order chi connectivity index (χ1) is 9.40. The zero-order chi connectivity index (χ0) is 13.1. The first kappa shape index (κ1) is 12.3. The molecule has 0 aromatic carbocycles. The van der Waals surface area contributed by atoms with Gasteiger partial charge in [-0.2, -0.15) is 5.10 Å². The molecule has 0 bridgehead atoms. The Labute approximate surface area is 113 Å². The van der Waals surface area contributed by atoms with Crippen molar-refractivity contribution in [2.24, 2.45) is 0 Å². The molecule has 2 aromatic rings. The smallest absolute Gasteiger partial charge is 0.172 e. The fourth-order valence-electron chi connectivity index (χ4n) is 2.69. The summed E-state index contributed by atoms with van der Waals surface area (Å²) in [4.78, 5) is 8.45. The van der Waals surface area contributed by atoms with Gasteiger partial charge in [-0.3, -0.25) is 4.98 Å². The largest absolute Gasteiger partial charge is 0.310 e. The SMILES string of the molecule is CCCNC1CCCc2c1cnn2-c1cnccn1. The number of hydrogen-bond acceptors (Lipinski definition) is 4. The lowest BCUT2D eigenvalue weighted by molar-refractivity contribution is 0.456. The van der Waals surface area contributed by atoms with Crippen LogP contribution in [0.2, 0.25) is 0 Å². The molecular weight excluding hydrogens is 238 g/mol. The minimum atomic E-state index is 0.439. The third kappa shape index (κ3) is 2.38. The minimum absolute atomic E-state index is 0.439. The Morgan fingerprint density at radius 1 is 1.37 bits per heavy atom. The summed E-state index contributed by atoms with van der Waals surface area (Å²) in [6.07, 6.45) is 11.7. The predicted molar refractivity (Wildman–Crippen MR) is 73.1 cm³/mol. The molecule has 5 heteroatoms. The van der Waals surface area contributed by atoms with Crippen molar-refractivity contribution >= 4 is 0 Å².